The Hall–Kier alpha value is -1.75. The lowest BCUT2D eigenvalue weighted by Crippen LogP contribution is -2.35. The van der Waals surface area contributed by atoms with E-state index in [2.05, 4.69) is 5.32 Å². The Morgan fingerprint density at radius 1 is 1.53 bits per heavy atom. The van der Waals surface area contributed by atoms with Gasteiger partial charge in [-0.1, -0.05) is 12.1 Å². The first-order valence-corrected chi connectivity index (χ1v) is 5.56. The number of fused-ring (bicyclic) bond motifs is 1. The monoisotopic (exact) mass is 236 g/mol. The summed E-state index contributed by atoms with van der Waals surface area (Å²) in [5.74, 6) is 1.30. The largest absolute Gasteiger partial charge is 0.454 e. The molecule has 0 fully saturated rings. The molecule has 0 aliphatic carbocycles. The van der Waals surface area contributed by atoms with Gasteiger partial charge in [0.15, 0.2) is 11.5 Å². The van der Waals surface area contributed by atoms with Gasteiger partial charge in [-0.25, -0.2) is 0 Å². The molecule has 0 spiro atoms. The van der Waals surface area contributed by atoms with Crippen molar-refractivity contribution in [2.24, 2.45) is 5.73 Å². The Morgan fingerprint density at radius 3 is 3.12 bits per heavy atom. The number of rotatable bonds is 4. The Morgan fingerprint density at radius 2 is 2.35 bits per heavy atom. The van der Waals surface area contributed by atoms with Crippen LogP contribution in [0, 0.1) is 0 Å². The minimum absolute atomic E-state index is 0.0416. The molecular weight excluding hydrogens is 220 g/mol. The van der Waals surface area contributed by atoms with Crippen molar-refractivity contribution in [1.82, 2.24) is 5.32 Å². The van der Waals surface area contributed by atoms with E-state index in [9.17, 15) is 4.79 Å². The predicted molar refractivity (Wildman–Crippen MR) is 62.9 cm³/mol. The van der Waals surface area contributed by atoms with Crippen LogP contribution in [0.3, 0.4) is 0 Å². The molecule has 1 atom stereocenters. The summed E-state index contributed by atoms with van der Waals surface area (Å²) in [5.41, 5.74) is 6.40. The van der Waals surface area contributed by atoms with Crippen molar-refractivity contribution in [1.29, 1.82) is 0 Å². The third-order valence-electron chi connectivity index (χ3n) is 2.45. The van der Waals surface area contributed by atoms with E-state index in [-0.39, 0.29) is 25.2 Å². The zero-order valence-corrected chi connectivity index (χ0v) is 9.73. The van der Waals surface area contributed by atoms with Crippen LogP contribution >= 0.6 is 0 Å². The third kappa shape index (κ3) is 2.88. The molecule has 0 radical (unpaired) electrons. The normalized spacial score (nSPS) is 14.5. The van der Waals surface area contributed by atoms with Crippen molar-refractivity contribution in [3.8, 4) is 11.5 Å². The number of hydrogen-bond acceptors (Lipinski definition) is 4. The number of benzene rings is 1. The van der Waals surface area contributed by atoms with Gasteiger partial charge in [-0.05, 0) is 13.0 Å². The summed E-state index contributed by atoms with van der Waals surface area (Å²) < 4.78 is 10.6. The van der Waals surface area contributed by atoms with Gasteiger partial charge < -0.3 is 20.5 Å². The van der Waals surface area contributed by atoms with E-state index in [1.54, 1.807) is 0 Å². The Labute approximate surface area is 99.9 Å². The molecule has 0 saturated heterocycles. The maximum absolute atomic E-state index is 11.7. The van der Waals surface area contributed by atoms with Crippen LogP contribution in [-0.4, -0.2) is 25.3 Å². The summed E-state index contributed by atoms with van der Waals surface area (Å²) in [6.45, 7) is 2.54. The summed E-state index contributed by atoms with van der Waals surface area (Å²) >= 11 is 0. The zero-order valence-electron chi connectivity index (χ0n) is 9.73. The minimum Gasteiger partial charge on any atom is -0.454 e. The number of carbonyl (C=O) groups excluding carboxylic acids is 1. The second-order valence-corrected chi connectivity index (χ2v) is 4.11. The second-order valence-electron chi connectivity index (χ2n) is 4.11. The maximum Gasteiger partial charge on any atom is 0.231 e. The first kappa shape index (κ1) is 11.7. The molecule has 1 heterocycles. The van der Waals surface area contributed by atoms with E-state index in [1.807, 2.05) is 25.1 Å². The van der Waals surface area contributed by atoms with E-state index in [1.165, 1.54) is 0 Å². The number of hydrogen-bond donors (Lipinski definition) is 2. The van der Waals surface area contributed by atoms with Crippen molar-refractivity contribution < 1.29 is 14.3 Å². The third-order valence-corrected chi connectivity index (χ3v) is 2.45. The fraction of sp³-hybridized carbons (Fsp3) is 0.417. The quantitative estimate of drug-likeness (QED) is 0.794. The summed E-state index contributed by atoms with van der Waals surface area (Å²) in [6, 6.07) is 5.49. The number of ether oxygens (including phenoxy) is 2. The maximum atomic E-state index is 11.7. The average molecular weight is 236 g/mol. The van der Waals surface area contributed by atoms with Gasteiger partial charge >= 0.3 is 0 Å². The Bertz CT molecular complexity index is 418. The lowest BCUT2D eigenvalue weighted by molar-refractivity contribution is -0.120. The van der Waals surface area contributed by atoms with Crippen LogP contribution in [0.2, 0.25) is 0 Å². The van der Waals surface area contributed by atoms with Gasteiger partial charge in [0, 0.05) is 18.2 Å². The van der Waals surface area contributed by atoms with Crippen LogP contribution in [0.1, 0.15) is 12.5 Å². The number of nitrogens with one attached hydrogen (secondary N) is 1. The van der Waals surface area contributed by atoms with Crippen molar-refractivity contribution in [2.45, 2.75) is 19.4 Å². The average Bonchev–Trinajstić information content (AvgIpc) is 2.75. The van der Waals surface area contributed by atoms with Gasteiger partial charge in [-0.3, -0.25) is 4.79 Å². The van der Waals surface area contributed by atoms with Crippen LogP contribution in [0.5, 0.6) is 11.5 Å². The first-order chi connectivity index (χ1) is 8.16. The minimum atomic E-state index is -0.0637. The SMILES string of the molecule is CC(N)CNC(=O)Cc1cccc2c1OCO2. The van der Waals surface area contributed by atoms with E-state index in [4.69, 9.17) is 15.2 Å². The molecule has 92 valence electrons. The molecule has 1 unspecified atom stereocenters. The van der Waals surface area contributed by atoms with E-state index < -0.39 is 0 Å². The molecule has 5 nitrogen and oxygen atoms in total. The van der Waals surface area contributed by atoms with Crippen molar-refractivity contribution in [2.75, 3.05) is 13.3 Å². The van der Waals surface area contributed by atoms with E-state index in [0.717, 1.165) is 5.56 Å². The highest BCUT2D eigenvalue weighted by Gasteiger charge is 2.18. The van der Waals surface area contributed by atoms with Gasteiger partial charge in [-0.2, -0.15) is 0 Å². The van der Waals surface area contributed by atoms with Crippen LogP contribution in [0.25, 0.3) is 0 Å². The summed E-state index contributed by atoms with van der Waals surface area (Å²) in [5, 5.41) is 2.76. The van der Waals surface area contributed by atoms with Gasteiger partial charge in [-0.15, -0.1) is 0 Å². The van der Waals surface area contributed by atoms with Crippen LogP contribution < -0.4 is 20.5 Å². The van der Waals surface area contributed by atoms with Crippen molar-refractivity contribution in [3.63, 3.8) is 0 Å². The Kier molecular flexibility index (Phi) is 3.49. The molecule has 2 rings (SSSR count). The Balaban J connectivity index is 1.99. The van der Waals surface area contributed by atoms with E-state index in [0.29, 0.717) is 18.0 Å². The number of nitrogens with two attached hydrogens (primary N) is 1. The topological polar surface area (TPSA) is 73.6 Å². The lowest BCUT2D eigenvalue weighted by atomic mass is 10.1. The van der Waals surface area contributed by atoms with Crippen molar-refractivity contribution in [3.05, 3.63) is 23.8 Å². The molecule has 17 heavy (non-hydrogen) atoms. The predicted octanol–water partition coefficient (Wildman–Crippen LogP) is 0.421. The zero-order chi connectivity index (χ0) is 12.3. The molecule has 1 aliphatic rings. The molecule has 1 aromatic carbocycles. The van der Waals surface area contributed by atoms with Gasteiger partial charge in [0.05, 0.1) is 6.42 Å². The number of amides is 1. The molecule has 5 heteroatoms. The standard InChI is InChI=1S/C12H16N2O3/c1-8(13)6-14-11(15)5-9-3-2-4-10-12(9)17-7-16-10/h2-4,8H,5-7,13H2,1H3,(H,14,15). The smallest absolute Gasteiger partial charge is 0.231 e. The summed E-state index contributed by atoms with van der Waals surface area (Å²) in [6.07, 6.45) is 0.277. The molecule has 1 amide bonds. The highest BCUT2D eigenvalue weighted by Crippen LogP contribution is 2.35. The highest BCUT2D eigenvalue weighted by molar-refractivity contribution is 5.79. The molecule has 0 aromatic heterocycles. The summed E-state index contributed by atoms with van der Waals surface area (Å²) in [7, 11) is 0. The molecule has 1 aliphatic heterocycles. The fourth-order valence-electron chi connectivity index (χ4n) is 1.64. The number of para-hydroxylation sites is 1. The van der Waals surface area contributed by atoms with Crippen LogP contribution in [0.4, 0.5) is 0 Å². The first-order valence-electron chi connectivity index (χ1n) is 5.56. The second kappa shape index (κ2) is 5.05. The lowest BCUT2D eigenvalue weighted by Gasteiger charge is -2.09. The van der Waals surface area contributed by atoms with Crippen LogP contribution in [0.15, 0.2) is 18.2 Å². The van der Waals surface area contributed by atoms with Gasteiger partial charge in [0.1, 0.15) is 0 Å². The highest BCUT2D eigenvalue weighted by atomic mass is 16.7. The molecule has 1 aromatic rings. The molecular formula is C12H16N2O3. The molecule has 0 bridgehead atoms. The number of carbonyl (C=O) groups is 1. The van der Waals surface area contributed by atoms with Gasteiger partial charge in [0.2, 0.25) is 12.7 Å². The fourth-order valence-corrected chi connectivity index (χ4v) is 1.64. The molecule has 0 saturated carbocycles. The van der Waals surface area contributed by atoms with Crippen LogP contribution in [-0.2, 0) is 11.2 Å². The van der Waals surface area contributed by atoms with E-state index >= 15 is 0 Å². The molecule has 3 N–H and O–H groups in total. The van der Waals surface area contributed by atoms with Gasteiger partial charge in [0.25, 0.3) is 0 Å². The summed E-state index contributed by atoms with van der Waals surface area (Å²) in [4.78, 5) is 11.7. The van der Waals surface area contributed by atoms with Crippen molar-refractivity contribution >= 4 is 5.91 Å².